The van der Waals surface area contributed by atoms with Crippen molar-refractivity contribution < 1.29 is 49.9 Å². The molecule has 2 aromatic carbocycles. The van der Waals surface area contributed by atoms with E-state index in [1.54, 1.807) is 0 Å². The van der Waals surface area contributed by atoms with E-state index in [4.69, 9.17) is 25.8 Å². The van der Waals surface area contributed by atoms with Gasteiger partial charge < -0.3 is 24.3 Å². The third kappa shape index (κ3) is 7.79. The van der Waals surface area contributed by atoms with Crippen LogP contribution in [0, 0.1) is 15.9 Å². The van der Waals surface area contributed by atoms with Crippen LogP contribution in [0.3, 0.4) is 0 Å². The maximum absolute atomic E-state index is 15.7. The molecule has 1 atom stereocenters. The SMILES string of the molecule is CC(C)(C)OC(=O)N(c1cscn1)S(=O)(=O)c1cc(Cl)c(Oc2ccc(C(F)(F)F)cc2-c2cn(C3CCCCO3)nc2[N+](=O)[O-])cc1F. The van der Waals surface area contributed by atoms with Gasteiger partial charge in [-0.25, -0.2) is 22.6 Å². The maximum Gasteiger partial charge on any atom is 0.430 e. The van der Waals surface area contributed by atoms with E-state index in [0.717, 1.165) is 41.1 Å². The number of sulfonamides is 1. The minimum atomic E-state index is -5.07. The molecule has 262 valence electrons. The lowest BCUT2D eigenvalue weighted by atomic mass is 10.0. The topological polar surface area (TPSA) is 156 Å². The van der Waals surface area contributed by atoms with Crippen molar-refractivity contribution in [2.75, 3.05) is 10.9 Å². The number of nitro groups is 1. The first-order valence-electron chi connectivity index (χ1n) is 14.3. The van der Waals surface area contributed by atoms with E-state index in [-0.39, 0.29) is 15.7 Å². The third-order valence-electron chi connectivity index (χ3n) is 6.84. The molecule has 4 aromatic rings. The van der Waals surface area contributed by atoms with Gasteiger partial charge in [0.25, 0.3) is 10.0 Å². The summed E-state index contributed by atoms with van der Waals surface area (Å²) in [5, 5.41) is 16.6. The highest BCUT2D eigenvalue weighted by molar-refractivity contribution is 7.93. The van der Waals surface area contributed by atoms with Crippen molar-refractivity contribution in [2.45, 2.75) is 62.9 Å². The zero-order valence-corrected chi connectivity index (χ0v) is 28.1. The van der Waals surface area contributed by atoms with E-state index in [9.17, 15) is 36.5 Å². The normalized spacial score (nSPS) is 15.6. The van der Waals surface area contributed by atoms with Crippen LogP contribution in [0.2, 0.25) is 5.02 Å². The molecule has 13 nitrogen and oxygen atoms in total. The molecule has 1 fully saturated rings. The largest absolute Gasteiger partial charge is 0.455 e. The molecule has 49 heavy (non-hydrogen) atoms. The number of carbonyl (C=O) groups excluding carboxylic acids is 1. The molecule has 3 heterocycles. The number of aromatic nitrogens is 3. The second kappa shape index (κ2) is 13.5. The van der Waals surface area contributed by atoms with Gasteiger partial charge in [-0.2, -0.15) is 17.9 Å². The first-order valence-corrected chi connectivity index (χ1v) is 17.0. The number of amides is 1. The number of hydrogen-bond donors (Lipinski definition) is 0. The monoisotopic (exact) mass is 747 g/mol. The summed E-state index contributed by atoms with van der Waals surface area (Å²) in [5.41, 5.74) is -1.92. The van der Waals surface area contributed by atoms with Crippen molar-refractivity contribution in [3.05, 3.63) is 73.9 Å². The molecular formula is C29H26ClF4N5O8S2. The van der Waals surface area contributed by atoms with Gasteiger partial charge in [0.05, 0.1) is 27.4 Å². The third-order valence-corrected chi connectivity index (χ3v) is 9.40. The van der Waals surface area contributed by atoms with Gasteiger partial charge in [-0.15, -0.1) is 15.6 Å². The first kappa shape index (κ1) is 36.0. The minimum Gasteiger partial charge on any atom is -0.455 e. The van der Waals surface area contributed by atoms with Crippen LogP contribution in [0.5, 0.6) is 11.5 Å². The van der Waals surface area contributed by atoms with Crippen LogP contribution in [0.25, 0.3) is 11.1 Å². The quantitative estimate of drug-likeness (QED) is 0.0975. The Hall–Kier alpha value is -4.33. The lowest BCUT2D eigenvalue weighted by Crippen LogP contribution is -2.41. The van der Waals surface area contributed by atoms with Crippen LogP contribution in [-0.4, -0.2) is 46.4 Å². The number of anilines is 1. The number of halogens is 5. The van der Waals surface area contributed by atoms with Crippen LogP contribution in [0.4, 0.5) is 34.0 Å². The Kier molecular flexibility index (Phi) is 9.93. The summed E-state index contributed by atoms with van der Waals surface area (Å²) >= 11 is 7.29. The summed E-state index contributed by atoms with van der Waals surface area (Å²) in [4.78, 5) is 26.9. The molecule has 0 saturated carbocycles. The van der Waals surface area contributed by atoms with Crippen LogP contribution in [0.1, 0.15) is 51.8 Å². The number of carbonyl (C=O) groups is 1. The van der Waals surface area contributed by atoms with Gasteiger partial charge in [0.15, 0.2) is 12.0 Å². The predicted molar refractivity (Wildman–Crippen MR) is 168 cm³/mol. The molecule has 20 heteroatoms. The highest BCUT2D eigenvalue weighted by atomic mass is 35.5. The molecule has 1 amide bonds. The number of alkyl halides is 3. The van der Waals surface area contributed by atoms with E-state index in [1.807, 2.05) is 0 Å². The second-order valence-corrected chi connectivity index (χ2v) is 14.4. The van der Waals surface area contributed by atoms with E-state index in [2.05, 4.69) is 10.1 Å². The van der Waals surface area contributed by atoms with Gasteiger partial charge in [-0.3, -0.25) is 0 Å². The van der Waals surface area contributed by atoms with Crippen LogP contribution >= 0.6 is 22.9 Å². The molecule has 1 saturated heterocycles. The Bertz CT molecular complexity index is 1990. The number of hydrogen-bond acceptors (Lipinski definition) is 11. The summed E-state index contributed by atoms with van der Waals surface area (Å²) in [6, 6.07) is 3.26. The highest BCUT2D eigenvalue weighted by Crippen LogP contribution is 2.44. The molecule has 0 radical (unpaired) electrons. The second-order valence-electron chi connectivity index (χ2n) is 11.5. The van der Waals surface area contributed by atoms with Crippen molar-refractivity contribution in [2.24, 2.45) is 0 Å². The van der Waals surface area contributed by atoms with Crippen LogP contribution in [-0.2, 0) is 25.7 Å². The molecule has 0 N–H and O–H groups in total. The summed E-state index contributed by atoms with van der Waals surface area (Å²) in [5.74, 6) is -3.66. The lowest BCUT2D eigenvalue weighted by molar-refractivity contribution is -0.389. The van der Waals surface area contributed by atoms with Gasteiger partial charge in [0, 0.05) is 23.6 Å². The average Bonchev–Trinajstić information content (AvgIpc) is 3.69. The van der Waals surface area contributed by atoms with Crippen molar-refractivity contribution in [3.63, 3.8) is 0 Å². The van der Waals surface area contributed by atoms with Gasteiger partial charge in [0.2, 0.25) is 0 Å². The lowest BCUT2D eigenvalue weighted by Gasteiger charge is -2.26. The predicted octanol–water partition coefficient (Wildman–Crippen LogP) is 8.35. The number of rotatable bonds is 8. The molecule has 0 aliphatic carbocycles. The average molecular weight is 748 g/mol. The summed E-state index contributed by atoms with van der Waals surface area (Å²) in [7, 11) is -5.07. The van der Waals surface area contributed by atoms with E-state index in [1.165, 1.54) is 31.7 Å². The zero-order chi connectivity index (χ0) is 35.9. The molecule has 5 rings (SSSR count). The Morgan fingerprint density at radius 1 is 1.16 bits per heavy atom. The fraction of sp³-hybridized carbons (Fsp3) is 0.345. The van der Waals surface area contributed by atoms with Crippen molar-refractivity contribution >= 4 is 50.7 Å². The van der Waals surface area contributed by atoms with Gasteiger partial charge in [-0.1, -0.05) is 11.6 Å². The zero-order valence-electron chi connectivity index (χ0n) is 25.7. The number of benzene rings is 2. The highest BCUT2D eigenvalue weighted by Gasteiger charge is 2.39. The molecule has 1 aliphatic rings. The van der Waals surface area contributed by atoms with Crippen LogP contribution in [0.15, 0.2) is 52.3 Å². The number of thiazole rings is 1. The van der Waals surface area contributed by atoms with Gasteiger partial charge in [-0.05, 0) is 69.2 Å². The van der Waals surface area contributed by atoms with E-state index >= 15 is 4.39 Å². The Labute approximate surface area is 285 Å². The Morgan fingerprint density at radius 3 is 2.49 bits per heavy atom. The minimum absolute atomic E-state index is 0.158. The molecule has 2 aromatic heterocycles. The number of ether oxygens (including phenoxy) is 3. The van der Waals surface area contributed by atoms with E-state index < -0.39 is 83.2 Å². The molecule has 1 aliphatic heterocycles. The van der Waals surface area contributed by atoms with Crippen molar-refractivity contribution in [3.8, 4) is 22.6 Å². The Morgan fingerprint density at radius 2 is 1.90 bits per heavy atom. The standard InChI is InChI=1S/C29H26ClF4N5O8S2/c1-28(2,3)47-27(40)38(24-14-48-15-35-24)49(43,44)23-11-19(30)22(12-20(23)31)46-21-8-7-16(29(32,33)34)10-17(21)18-13-37(36-26(18)39(41)42)25-6-4-5-9-45-25/h7-8,10-15,25H,4-6,9H2,1-3H3. The van der Waals surface area contributed by atoms with Crippen molar-refractivity contribution in [1.29, 1.82) is 0 Å². The smallest absolute Gasteiger partial charge is 0.430 e. The summed E-state index contributed by atoms with van der Waals surface area (Å²) in [6.45, 7) is 4.80. The molecular weight excluding hydrogens is 722 g/mol. The maximum atomic E-state index is 15.7. The molecule has 0 bridgehead atoms. The first-order chi connectivity index (χ1) is 22.9. The molecule has 1 unspecified atom stereocenters. The summed E-state index contributed by atoms with van der Waals surface area (Å²) in [6.07, 6.45) is -3.90. The summed E-state index contributed by atoms with van der Waals surface area (Å²) < 4.78 is 102. The van der Waals surface area contributed by atoms with Crippen LogP contribution < -0.4 is 9.04 Å². The molecule has 0 spiro atoms. The fourth-order valence-electron chi connectivity index (χ4n) is 4.72. The van der Waals surface area contributed by atoms with Gasteiger partial charge in [0.1, 0.15) is 33.4 Å². The fourth-order valence-corrected chi connectivity index (χ4v) is 6.92. The van der Waals surface area contributed by atoms with Gasteiger partial charge >= 0.3 is 18.1 Å². The number of nitrogens with zero attached hydrogens (tertiary/aromatic N) is 5. The Balaban J connectivity index is 1.58. The van der Waals surface area contributed by atoms with Crippen molar-refractivity contribution in [1.82, 2.24) is 14.8 Å². The van der Waals surface area contributed by atoms with E-state index in [0.29, 0.717) is 37.3 Å².